The molecular weight excluding hydrogens is 336 g/mol. The second kappa shape index (κ2) is 9.22. The molecular formula is C19H26N2O5. The molecule has 0 aliphatic carbocycles. The summed E-state index contributed by atoms with van der Waals surface area (Å²) >= 11 is 0. The van der Waals surface area contributed by atoms with Gasteiger partial charge in [0.15, 0.2) is 0 Å². The Labute approximate surface area is 153 Å². The van der Waals surface area contributed by atoms with Crippen LogP contribution in [0.4, 0.5) is 4.79 Å². The first-order valence-corrected chi connectivity index (χ1v) is 8.89. The van der Waals surface area contributed by atoms with Crippen LogP contribution in [0.5, 0.6) is 0 Å². The Morgan fingerprint density at radius 2 is 1.96 bits per heavy atom. The Kier molecular flexibility index (Phi) is 7.00. The fourth-order valence-corrected chi connectivity index (χ4v) is 3.02. The van der Waals surface area contributed by atoms with Gasteiger partial charge >= 0.3 is 12.1 Å². The number of ether oxygens (including phenoxy) is 1. The number of carbonyl (C=O) groups is 3. The van der Waals surface area contributed by atoms with Crippen molar-refractivity contribution in [1.82, 2.24) is 10.2 Å². The highest BCUT2D eigenvalue weighted by atomic mass is 16.6. The lowest BCUT2D eigenvalue weighted by atomic mass is 10.0. The van der Waals surface area contributed by atoms with E-state index in [1.807, 2.05) is 44.2 Å². The van der Waals surface area contributed by atoms with Crippen molar-refractivity contribution < 1.29 is 24.2 Å². The molecule has 1 heterocycles. The van der Waals surface area contributed by atoms with E-state index >= 15 is 0 Å². The van der Waals surface area contributed by atoms with Crippen molar-refractivity contribution in [2.45, 2.75) is 51.8 Å². The maximum absolute atomic E-state index is 12.5. The maximum Gasteiger partial charge on any atom is 0.410 e. The molecule has 7 nitrogen and oxygen atoms in total. The van der Waals surface area contributed by atoms with E-state index in [0.29, 0.717) is 25.8 Å². The fourth-order valence-electron chi connectivity index (χ4n) is 3.02. The van der Waals surface area contributed by atoms with Gasteiger partial charge in [0, 0.05) is 6.54 Å². The molecule has 2 amide bonds. The molecule has 2 N–H and O–H groups in total. The van der Waals surface area contributed by atoms with Crippen LogP contribution in [0.25, 0.3) is 0 Å². The van der Waals surface area contributed by atoms with Gasteiger partial charge in [-0.1, -0.05) is 44.2 Å². The average Bonchev–Trinajstić information content (AvgIpc) is 3.09. The Bertz CT molecular complexity index is 632. The molecule has 0 bridgehead atoms. The van der Waals surface area contributed by atoms with Crippen molar-refractivity contribution in [3.63, 3.8) is 0 Å². The van der Waals surface area contributed by atoms with Crippen molar-refractivity contribution in [3.8, 4) is 0 Å². The van der Waals surface area contributed by atoms with Crippen LogP contribution in [-0.2, 0) is 20.9 Å². The molecule has 1 aromatic carbocycles. The van der Waals surface area contributed by atoms with Gasteiger partial charge in [-0.15, -0.1) is 0 Å². The second-order valence-corrected chi connectivity index (χ2v) is 6.92. The van der Waals surface area contributed by atoms with Crippen LogP contribution >= 0.6 is 0 Å². The van der Waals surface area contributed by atoms with Crippen LogP contribution in [0.1, 0.15) is 38.7 Å². The molecule has 1 fully saturated rings. The lowest BCUT2D eigenvalue weighted by Crippen LogP contribution is -2.51. The van der Waals surface area contributed by atoms with Crippen LogP contribution in [0.15, 0.2) is 30.3 Å². The van der Waals surface area contributed by atoms with Gasteiger partial charge in [0.2, 0.25) is 5.91 Å². The number of aliphatic carboxylic acids is 1. The molecule has 1 aromatic rings. The van der Waals surface area contributed by atoms with E-state index < -0.39 is 30.1 Å². The number of amides is 2. The zero-order valence-corrected chi connectivity index (χ0v) is 15.2. The van der Waals surface area contributed by atoms with Crippen molar-refractivity contribution >= 4 is 18.0 Å². The summed E-state index contributed by atoms with van der Waals surface area (Å²) in [5, 5.41) is 11.8. The Morgan fingerprint density at radius 1 is 1.27 bits per heavy atom. The van der Waals surface area contributed by atoms with E-state index in [4.69, 9.17) is 4.74 Å². The highest BCUT2D eigenvalue weighted by Crippen LogP contribution is 2.19. The number of hydrogen-bond acceptors (Lipinski definition) is 4. The quantitative estimate of drug-likeness (QED) is 0.776. The molecule has 0 spiro atoms. The van der Waals surface area contributed by atoms with Crippen molar-refractivity contribution in [2.24, 2.45) is 5.92 Å². The van der Waals surface area contributed by atoms with Gasteiger partial charge in [-0.05, 0) is 30.7 Å². The van der Waals surface area contributed by atoms with E-state index in [-0.39, 0.29) is 12.5 Å². The third kappa shape index (κ3) is 5.47. The highest BCUT2D eigenvalue weighted by Gasteiger charge is 2.36. The van der Waals surface area contributed by atoms with Crippen molar-refractivity contribution in [2.75, 3.05) is 6.54 Å². The molecule has 142 valence electrons. The zero-order valence-electron chi connectivity index (χ0n) is 15.2. The Balaban J connectivity index is 1.94. The van der Waals surface area contributed by atoms with Crippen LogP contribution in [0, 0.1) is 5.92 Å². The molecule has 0 unspecified atom stereocenters. The lowest BCUT2D eigenvalue weighted by molar-refractivity contribution is -0.142. The summed E-state index contributed by atoms with van der Waals surface area (Å²) < 4.78 is 5.30. The van der Waals surface area contributed by atoms with Gasteiger partial charge in [0.1, 0.15) is 18.7 Å². The predicted molar refractivity (Wildman–Crippen MR) is 95.4 cm³/mol. The predicted octanol–water partition coefficient (Wildman–Crippen LogP) is 2.40. The highest BCUT2D eigenvalue weighted by molar-refractivity contribution is 5.89. The van der Waals surface area contributed by atoms with E-state index in [2.05, 4.69) is 5.32 Å². The standard InChI is InChI=1S/C19H26N2O5/c1-13(2)11-15(18(23)24)20-17(22)16-9-6-10-21(16)19(25)26-12-14-7-4-3-5-8-14/h3-5,7-8,13,15-16H,6,9-12H2,1-2H3,(H,20,22)(H,23,24)/t15-,16+/m1/s1. The number of carboxylic acids is 1. The Morgan fingerprint density at radius 3 is 2.58 bits per heavy atom. The summed E-state index contributed by atoms with van der Waals surface area (Å²) in [5.41, 5.74) is 0.865. The summed E-state index contributed by atoms with van der Waals surface area (Å²) in [6, 6.07) is 7.65. The summed E-state index contributed by atoms with van der Waals surface area (Å²) in [6.07, 6.45) is 0.967. The minimum Gasteiger partial charge on any atom is -0.480 e. The first kappa shape index (κ1) is 19.8. The molecule has 0 radical (unpaired) electrons. The van der Waals surface area contributed by atoms with E-state index in [9.17, 15) is 19.5 Å². The minimum absolute atomic E-state index is 0.131. The van der Waals surface area contributed by atoms with Gasteiger partial charge < -0.3 is 15.2 Å². The summed E-state index contributed by atoms with van der Waals surface area (Å²) in [6.45, 7) is 4.35. The van der Waals surface area contributed by atoms with Gasteiger partial charge in [-0.3, -0.25) is 9.69 Å². The normalized spacial score (nSPS) is 17.8. The number of hydrogen-bond donors (Lipinski definition) is 2. The maximum atomic E-state index is 12.5. The number of benzene rings is 1. The third-order valence-electron chi connectivity index (χ3n) is 4.32. The molecule has 1 saturated heterocycles. The molecule has 2 rings (SSSR count). The van der Waals surface area contributed by atoms with Crippen molar-refractivity contribution in [3.05, 3.63) is 35.9 Å². The zero-order chi connectivity index (χ0) is 19.1. The smallest absolute Gasteiger partial charge is 0.410 e. The van der Waals surface area contributed by atoms with Crippen LogP contribution in [0.3, 0.4) is 0 Å². The fraction of sp³-hybridized carbons (Fsp3) is 0.526. The van der Waals surface area contributed by atoms with Crippen molar-refractivity contribution in [1.29, 1.82) is 0 Å². The molecule has 1 aliphatic heterocycles. The number of carboxylic acid groups (broad SMARTS) is 1. The number of nitrogens with zero attached hydrogens (tertiary/aromatic N) is 1. The topological polar surface area (TPSA) is 95.9 Å². The number of rotatable bonds is 7. The average molecular weight is 362 g/mol. The van der Waals surface area contributed by atoms with Gasteiger partial charge in [-0.2, -0.15) is 0 Å². The lowest BCUT2D eigenvalue weighted by Gasteiger charge is -2.25. The number of carbonyl (C=O) groups excluding carboxylic acids is 2. The van der Waals surface area contributed by atoms with E-state index in [1.54, 1.807) is 0 Å². The second-order valence-electron chi connectivity index (χ2n) is 6.92. The van der Waals surface area contributed by atoms with Crippen LogP contribution < -0.4 is 5.32 Å². The van der Waals surface area contributed by atoms with Crippen LogP contribution in [0.2, 0.25) is 0 Å². The van der Waals surface area contributed by atoms with E-state index in [1.165, 1.54) is 4.90 Å². The monoisotopic (exact) mass is 362 g/mol. The first-order valence-electron chi connectivity index (χ1n) is 8.89. The third-order valence-corrected chi connectivity index (χ3v) is 4.32. The van der Waals surface area contributed by atoms with Crippen LogP contribution in [-0.4, -0.2) is 46.6 Å². The van der Waals surface area contributed by atoms with E-state index in [0.717, 1.165) is 5.56 Å². The molecule has 1 aliphatic rings. The first-order chi connectivity index (χ1) is 12.4. The SMILES string of the molecule is CC(C)C[C@@H](NC(=O)[C@@H]1CCCN1C(=O)OCc1ccccc1)C(=O)O. The molecule has 7 heteroatoms. The molecule has 2 atom stereocenters. The minimum atomic E-state index is -1.07. The van der Waals surface area contributed by atoms with Gasteiger partial charge in [-0.25, -0.2) is 9.59 Å². The number of nitrogens with one attached hydrogen (secondary N) is 1. The Hall–Kier alpha value is -2.57. The molecule has 0 saturated carbocycles. The van der Waals surface area contributed by atoms with Gasteiger partial charge in [0.05, 0.1) is 0 Å². The summed E-state index contributed by atoms with van der Waals surface area (Å²) in [5.74, 6) is -1.37. The molecule has 0 aromatic heterocycles. The van der Waals surface area contributed by atoms with Gasteiger partial charge in [0.25, 0.3) is 0 Å². The summed E-state index contributed by atoms with van der Waals surface area (Å²) in [4.78, 5) is 37.6. The molecule has 26 heavy (non-hydrogen) atoms. The summed E-state index contributed by atoms with van der Waals surface area (Å²) in [7, 11) is 0. The number of likely N-dealkylation sites (tertiary alicyclic amines) is 1. The largest absolute Gasteiger partial charge is 0.480 e.